The number of nitrogens with zero attached hydrogens (tertiary/aromatic N) is 5. The first-order valence-corrected chi connectivity index (χ1v) is 14.8. The van der Waals surface area contributed by atoms with Gasteiger partial charge in [-0.15, -0.1) is 4.98 Å². The molecule has 1 fully saturated rings. The number of nitrogens with one attached hydrogen (secondary N) is 1. The minimum absolute atomic E-state index is 0.166. The first-order valence-electron chi connectivity index (χ1n) is 12.9. The topological polar surface area (TPSA) is 113 Å². The molecule has 3 aromatic heterocycles. The van der Waals surface area contributed by atoms with Crippen LogP contribution < -0.4 is 10.1 Å². The fraction of sp³-hybridized carbons (Fsp3) is 0.357. The molecule has 1 aliphatic heterocycles. The number of fused-ring (bicyclic) bond motifs is 1. The van der Waals surface area contributed by atoms with Gasteiger partial charge in [-0.25, -0.2) is 22.8 Å². The Labute approximate surface area is 231 Å². The predicted molar refractivity (Wildman–Crippen MR) is 148 cm³/mol. The predicted octanol–water partition coefficient (Wildman–Crippen LogP) is 5.66. The van der Waals surface area contributed by atoms with E-state index in [0.29, 0.717) is 53.0 Å². The third-order valence-corrected chi connectivity index (χ3v) is 7.74. The maximum Gasteiger partial charge on any atom is 0.312 e. The number of halogens is 1. The first kappa shape index (κ1) is 27.5. The van der Waals surface area contributed by atoms with Crippen LogP contribution in [0.25, 0.3) is 16.0 Å². The van der Waals surface area contributed by atoms with Gasteiger partial charge in [-0.2, -0.15) is 0 Å². The van der Waals surface area contributed by atoms with Crippen molar-refractivity contribution in [3.63, 3.8) is 0 Å². The highest BCUT2D eigenvalue weighted by atomic mass is 32.2. The summed E-state index contributed by atoms with van der Waals surface area (Å²) in [4.78, 5) is 17.5. The Kier molecular flexibility index (Phi) is 7.69. The van der Waals surface area contributed by atoms with Crippen LogP contribution in [0.1, 0.15) is 49.6 Å². The van der Waals surface area contributed by atoms with Crippen LogP contribution in [0, 0.1) is 19.3 Å². The zero-order chi connectivity index (χ0) is 28.4. The molecule has 0 saturated carbocycles. The molecule has 1 aromatic carbocycles. The van der Waals surface area contributed by atoms with Crippen molar-refractivity contribution in [2.75, 3.05) is 24.8 Å². The molecule has 1 unspecified atom stereocenters. The molecule has 0 spiro atoms. The molecule has 0 bridgehead atoms. The van der Waals surface area contributed by atoms with Gasteiger partial charge in [-0.3, -0.25) is 4.57 Å². The van der Waals surface area contributed by atoms with E-state index in [4.69, 9.17) is 26.0 Å². The molecular weight excluding hydrogens is 535 g/mol. The fourth-order valence-electron chi connectivity index (χ4n) is 4.84. The molecule has 1 atom stereocenters. The number of aromatic nitrogens is 4. The van der Waals surface area contributed by atoms with Crippen LogP contribution in [-0.4, -0.2) is 47.4 Å². The minimum Gasteiger partial charge on any atom is -0.503 e. The van der Waals surface area contributed by atoms with Crippen LogP contribution >= 0.6 is 0 Å². The summed E-state index contributed by atoms with van der Waals surface area (Å²) >= 11 is 0. The van der Waals surface area contributed by atoms with E-state index >= 15 is 0 Å². The normalized spacial score (nSPS) is 15.6. The fourth-order valence-corrected chi connectivity index (χ4v) is 5.69. The number of benzene rings is 1. The Morgan fingerprint density at radius 3 is 2.67 bits per heavy atom. The van der Waals surface area contributed by atoms with Gasteiger partial charge < -0.3 is 19.6 Å². The maximum absolute atomic E-state index is 14.0. The number of anilines is 2. The number of rotatable bonds is 8. The molecule has 1 saturated heterocycles. The monoisotopic (exact) mass is 564 g/mol. The first-order chi connectivity index (χ1) is 19.2. The molecular formula is C28H29FN6O4S. The van der Waals surface area contributed by atoms with E-state index in [1.54, 1.807) is 18.2 Å². The summed E-state index contributed by atoms with van der Waals surface area (Å²) in [6, 6.07) is 8.86. The lowest BCUT2D eigenvalue weighted by Gasteiger charge is -2.25. The van der Waals surface area contributed by atoms with Gasteiger partial charge in [-0.1, -0.05) is 6.57 Å². The third-order valence-electron chi connectivity index (χ3n) is 6.60. The van der Waals surface area contributed by atoms with Crippen molar-refractivity contribution in [2.24, 2.45) is 0 Å². The zero-order valence-electron chi connectivity index (χ0n) is 22.4. The van der Waals surface area contributed by atoms with E-state index in [1.165, 1.54) is 12.1 Å². The number of hydrogen-bond acceptors (Lipinski definition) is 8. The van der Waals surface area contributed by atoms with Crippen molar-refractivity contribution in [3.8, 4) is 5.75 Å². The van der Waals surface area contributed by atoms with Crippen molar-refractivity contribution in [1.29, 1.82) is 0 Å². The van der Waals surface area contributed by atoms with Crippen molar-refractivity contribution < 1.29 is 22.3 Å². The Bertz CT molecular complexity index is 1730. The number of aryl methyl sites for hydroxylation is 1. The molecule has 5 rings (SSSR count). The second kappa shape index (κ2) is 11.2. The maximum atomic E-state index is 14.0. The van der Waals surface area contributed by atoms with Gasteiger partial charge in [0.2, 0.25) is 0 Å². The quantitative estimate of drug-likeness (QED) is 0.273. The van der Waals surface area contributed by atoms with E-state index < -0.39 is 15.7 Å². The van der Waals surface area contributed by atoms with Crippen molar-refractivity contribution >= 4 is 38.2 Å². The van der Waals surface area contributed by atoms with Crippen molar-refractivity contribution in [3.05, 3.63) is 70.8 Å². The molecule has 12 heteroatoms. The molecule has 208 valence electrons. The van der Waals surface area contributed by atoms with Crippen LogP contribution in [0.3, 0.4) is 0 Å². The molecule has 1 N–H and O–H groups in total. The van der Waals surface area contributed by atoms with Gasteiger partial charge in [0, 0.05) is 12.9 Å². The highest BCUT2D eigenvalue weighted by Gasteiger charge is 2.25. The van der Waals surface area contributed by atoms with Gasteiger partial charge >= 0.3 is 5.82 Å². The second-order valence-electron chi connectivity index (χ2n) is 9.57. The number of pyridine rings is 2. The van der Waals surface area contributed by atoms with E-state index in [9.17, 15) is 12.8 Å². The SMILES string of the molecule is [C-]#[N+]c1nc(Cc2cc(Nc3ccc(F)cc3S(C)(=O)=O)c3nc(C)n(C4CCCCO4)c3n2)ccc1OCC. The molecule has 0 amide bonds. The number of ether oxygens (including phenoxy) is 2. The summed E-state index contributed by atoms with van der Waals surface area (Å²) in [5, 5.41) is 3.18. The van der Waals surface area contributed by atoms with Gasteiger partial charge in [0.05, 0.1) is 35.0 Å². The highest BCUT2D eigenvalue weighted by Crippen LogP contribution is 2.35. The summed E-state index contributed by atoms with van der Waals surface area (Å²) in [5.41, 5.74) is 3.05. The summed E-state index contributed by atoms with van der Waals surface area (Å²) < 4.78 is 52.5. The van der Waals surface area contributed by atoms with Gasteiger partial charge in [0.25, 0.3) is 0 Å². The molecule has 1 aliphatic rings. The van der Waals surface area contributed by atoms with Crippen LogP contribution in [0.2, 0.25) is 0 Å². The van der Waals surface area contributed by atoms with Gasteiger partial charge in [-0.05, 0) is 69.5 Å². The van der Waals surface area contributed by atoms with Crippen molar-refractivity contribution in [2.45, 2.75) is 50.7 Å². The third kappa shape index (κ3) is 5.61. The van der Waals surface area contributed by atoms with E-state index in [2.05, 4.69) is 15.1 Å². The lowest BCUT2D eigenvalue weighted by molar-refractivity contribution is -0.0309. The minimum atomic E-state index is -3.74. The van der Waals surface area contributed by atoms with E-state index in [1.807, 2.05) is 18.4 Å². The average molecular weight is 565 g/mol. The lowest BCUT2D eigenvalue weighted by atomic mass is 10.1. The lowest BCUT2D eigenvalue weighted by Crippen LogP contribution is -2.19. The van der Waals surface area contributed by atoms with Crippen molar-refractivity contribution in [1.82, 2.24) is 19.5 Å². The molecule has 4 aromatic rings. The standard InChI is InChI=1S/C28H29FN6O4S/c1-5-38-23-12-10-19(32-27(23)30-3)15-20-16-22(34-21-11-9-18(29)14-24(21)40(4,36)37)26-28(33-20)35(17(2)31-26)25-8-6-7-13-39-25/h9-12,14,16,25H,5-8,13,15H2,1-2,4H3,(H,33,34). The van der Waals surface area contributed by atoms with Crippen LogP contribution in [0.4, 0.5) is 21.6 Å². The largest absolute Gasteiger partial charge is 0.503 e. The van der Waals surface area contributed by atoms with Gasteiger partial charge in [0.1, 0.15) is 34.8 Å². The summed E-state index contributed by atoms with van der Waals surface area (Å²) in [7, 11) is -3.74. The molecule has 10 nitrogen and oxygen atoms in total. The molecule has 0 radical (unpaired) electrons. The Morgan fingerprint density at radius 2 is 1.98 bits per heavy atom. The second-order valence-corrected chi connectivity index (χ2v) is 11.6. The molecule has 0 aliphatic carbocycles. The average Bonchev–Trinajstić information content (AvgIpc) is 3.26. The zero-order valence-corrected chi connectivity index (χ0v) is 23.3. The summed E-state index contributed by atoms with van der Waals surface area (Å²) in [6.07, 6.45) is 3.90. The summed E-state index contributed by atoms with van der Waals surface area (Å²) in [6.45, 7) is 12.3. The Hall–Kier alpha value is -4.08. The van der Waals surface area contributed by atoms with Gasteiger partial charge in [0.15, 0.2) is 15.5 Å². The van der Waals surface area contributed by atoms with Crippen LogP contribution in [0.15, 0.2) is 41.3 Å². The smallest absolute Gasteiger partial charge is 0.312 e. The number of hydrogen-bond donors (Lipinski definition) is 1. The highest BCUT2D eigenvalue weighted by molar-refractivity contribution is 7.90. The van der Waals surface area contributed by atoms with E-state index in [0.717, 1.165) is 31.6 Å². The Morgan fingerprint density at radius 1 is 1.15 bits per heavy atom. The number of sulfone groups is 1. The van der Waals surface area contributed by atoms with Crippen LogP contribution in [0.5, 0.6) is 5.75 Å². The molecule has 40 heavy (non-hydrogen) atoms. The summed E-state index contributed by atoms with van der Waals surface area (Å²) in [5.74, 6) is 0.629. The Balaban J connectivity index is 1.64. The van der Waals surface area contributed by atoms with Crippen LogP contribution in [-0.2, 0) is 21.0 Å². The number of imidazole rings is 1. The molecule has 4 heterocycles. The van der Waals surface area contributed by atoms with E-state index in [-0.39, 0.29) is 29.0 Å².